The largest absolute Gasteiger partial charge is 0.497 e. The van der Waals surface area contributed by atoms with E-state index < -0.39 is 0 Å². The van der Waals surface area contributed by atoms with Gasteiger partial charge in [0.05, 0.1) is 13.7 Å². The van der Waals surface area contributed by atoms with Crippen LogP contribution in [0.3, 0.4) is 0 Å². The molecule has 4 nitrogen and oxygen atoms in total. The maximum atomic E-state index is 12.1. The van der Waals surface area contributed by atoms with E-state index in [2.05, 4.69) is 12.2 Å². The highest BCUT2D eigenvalue weighted by Gasteiger charge is 2.36. The van der Waals surface area contributed by atoms with E-state index in [0.717, 1.165) is 23.8 Å². The Kier molecular flexibility index (Phi) is 3.66. The molecule has 0 bridgehead atoms. The number of hydrogen-bond donors (Lipinski definition) is 1. The molecule has 0 spiro atoms. The molecule has 1 aliphatic heterocycles. The molecule has 2 unspecified atom stereocenters. The predicted molar refractivity (Wildman–Crippen MR) is 77.3 cm³/mol. The predicted octanol–water partition coefficient (Wildman–Crippen LogP) is 2.17. The lowest BCUT2D eigenvalue weighted by Crippen LogP contribution is -2.34. The van der Waals surface area contributed by atoms with Crippen LogP contribution in [0.15, 0.2) is 24.3 Å². The van der Waals surface area contributed by atoms with Crippen molar-refractivity contribution in [2.75, 3.05) is 20.2 Å². The summed E-state index contributed by atoms with van der Waals surface area (Å²) in [5, 5.41) is 3.31. The third-order valence-corrected chi connectivity index (χ3v) is 4.42. The lowest BCUT2D eigenvalue weighted by Gasteiger charge is -2.27. The maximum absolute atomic E-state index is 12.1. The molecule has 2 aliphatic rings. The highest BCUT2D eigenvalue weighted by molar-refractivity contribution is 5.81. The first kappa shape index (κ1) is 13.4. The van der Waals surface area contributed by atoms with E-state index >= 15 is 0 Å². The summed E-state index contributed by atoms with van der Waals surface area (Å²) >= 11 is 0. The van der Waals surface area contributed by atoms with Crippen molar-refractivity contribution < 1.29 is 9.53 Å². The minimum absolute atomic E-state index is 0.00889. The van der Waals surface area contributed by atoms with Gasteiger partial charge in [-0.2, -0.15) is 0 Å². The first-order chi connectivity index (χ1) is 9.69. The van der Waals surface area contributed by atoms with Gasteiger partial charge in [-0.1, -0.05) is 19.1 Å². The average Bonchev–Trinajstić information content (AvgIpc) is 3.26. The van der Waals surface area contributed by atoms with E-state index in [0.29, 0.717) is 12.5 Å². The number of hydrogen-bond acceptors (Lipinski definition) is 3. The number of carbonyl (C=O) groups excluding carboxylic acids is 1. The van der Waals surface area contributed by atoms with Crippen molar-refractivity contribution in [2.24, 2.45) is 11.8 Å². The molecule has 1 saturated carbocycles. The van der Waals surface area contributed by atoms with E-state index in [9.17, 15) is 4.79 Å². The van der Waals surface area contributed by atoms with Crippen molar-refractivity contribution in [3.63, 3.8) is 0 Å². The molecule has 1 aromatic rings. The van der Waals surface area contributed by atoms with Crippen LogP contribution in [-0.2, 0) is 4.79 Å². The summed E-state index contributed by atoms with van der Waals surface area (Å²) in [5.74, 6) is 2.47. The molecule has 2 fully saturated rings. The van der Waals surface area contributed by atoms with Gasteiger partial charge in [0.25, 0.3) is 0 Å². The smallest absolute Gasteiger partial charge is 0.238 e. The molecule has 4 heteroatoms. The van der Waals surface area contributed by atoms with Gasteiger partial charge in [-0.25, -0.2) is 0 Å². The molecular weight excluding hydrogens is 252 g/mol. The number of carbonyl (C=O) groups is 1. The SMILES string of the molecule is COc1ccc(C2NCC(=O)N2CC(C)C2CC2)cc1. The van der Waals surface area contributed by atoms with E-state index in [1.54, 1.807) is 7.11 Å². The first-order valence-electron chi connectivity index (χ1n) is 7.36. The fraction of sp³-hybridized carbons (Fsp3) is 0.562. The zero-order chi connectivity index (χ0) is 14.1. The number of benzene rings is 1. The van der Waals surface area contributed by atoms with Crippen molar-refractivity contribution in [1.29, 1.82) is 0 Å². The van der Waals surface area contributed by atoms with Gasteiger partial charge >= 0.3 is 0 Å². The Balaban J connectivity index is 1.73. The van der Waals surface area contributed by atoms with Crippen LogP contribution < -0.4 is 10.1 Å². The van der Waals surface area contributed by atoms with Gasteiger partial charge in [0.2, 0.25) is 5.91 Å². The number of nitrogens with zero attached hydrogens (tertiary/aromatic N) is 1. The summed E-state index contributed by atoms with van der Waals surface area (Å²) < 4.78 is 5.18. The van der Waals surface area contributed by atoms with Gasteiger partial charge in [-0.15, -0.1) is 0 Å². The molecule has 1 N–H and O–H groups in total. The van der Waals surface area contributed by atoms with Gasteiger partial charge in [0, 0.05) is 6.54 Å². The molecule has 1 heterocycles. The Morgan fingerprint density at radius 3 is 2.65 bits per heavy atom. The van der Waals surface area contributed by atoms with Crippen molar-refractivity contribution >= 4 is 5.91 Å². The number of amides is 1. The quantitative estimate of drug-likeness (QED) is 0.894. The Morgan fingerprint density at radius 2 is 2.05 bits per heavy atom. The molecule has 1 aliphatic carbocycles. The van der Waals surface area contributed by atoms with E-state index in [1.807, 2.05) is 29.2 Å². The number of rotatable bonds is 5. The lowest BCUT2D eigenvalue weighted by atomic mass is 10.0. The van der Waals surface area contributed by atoms with Gasteiger partial charge < -0.3 is 9.64 Å². The van der Waals surface area contributed by atoms with Crippen LogP contribution in [0.4, 0.5) is 0 Å². The minimum Gasteiger partial charge on any atom is -0.497 e. The highest BCUT2D eigenvalue weighted by atomic mass is 16.5. The minimum atomic E-state index is 0.00889. The van der Waals surface area contributed by atoms with Crippen molar-refractivity contribution in [2.45, 2.75) is 25.9 Å². The zero-order valence-corrected chi connectivity index (χ0v) is 12.1. The molecule has 20 heavy (non-hydrogen) atoms. The van der Waals surface area contributed by atoms with Gasteiger partial charge in [-0.3, -0.25) is 10.1 Å². The molecule has 1 saturated heterocycles. The second-order valence-corrected chi connectivity index (χ2v) is 5.92. The first-order valence-corrected chi connectivity index (χ1v) is 7.36. The lowest BCUT2D eigenvalue weighted by molar-refractivity contribution is -0.128. The Morgan fingerprint density at radius 1 is 1.35 bits per heavy atom. The van der Waals surface area contributed by atoms with Crippen LogP contribution in [0, 0.1) is 11.8 Å². The molecule has 1 amide bonds. The van der Waals surface area contributed by atoms with Gasteiger partial charge in [-0.05, 0) is 42.4 Å². The second kappa shape index (κ2) is 5.44. The summed E-state index contributed by atoms with van der Waals surface area (Å²) in [5.41, 5.74) is 1.12. The fourth-order valence-electron chi connectivity index (χ4n) is 2.96. The van der Waals surface area contributed by atoms with Gasteiger partial charge in [0.1, 0.15) is 11.9 Å². The molecule has 2 atom stereocenters. The second-order valence-electron chi connectivity index (χ2n) is 5.92. The van der Waals surface area contributed by atoms with E-state index in [4.69, 9.17) is 4.74 Å². The van der Waals surface area contributed by atoms with Crippen molar-refractivity contribution in [3.05, 3.63) is 29.8 Å². The van der Waals surface area contributed by atoms with Gasteiger partial charge in [0.15, 0.2) is 0 Å². The topological polar surface area (TPSA) is 41.6 Å². The van der Waals surface area contributed by atoms with Crippen LogP contribution >= 0.6 is 0 Å². The Labute approximate surface area is 120 Å². The summed E-state index contributed by atoms with van der Waals surface area (Å²) in [6.07, 6.45) is 2.66. The standard InChI is InChI=1S/C16H22N2O2/c1-11(12-3-4-12)10-18-15(19)9-17-16(18)13-5-7-14(20-2)8-6-13/h5-8,11-12,16-17H,3-4,9-10H2,1-2H3. The van der Waals surface area contributed by atoms with Crippen LogP contribution in [0.5, 0.6) is 5.75 Å². The average molecular weight is 274 g/mol. The Hall–Kier alpha value is -1.55. The number of ether oxygens (including phenoxy) is 1. The molecule has 0 radical (unpaired) electrons. The normalized spacial score (nSPS) is 24.0. The summed E-state index contributed by atoms with van der Waals surface area (Å²) in [6, 6.07) is 7.96. The Bertz CT molecular complexity index is 482. The monoisotopic (exact) mass is 274 g/mol. The molecule has 3 rings (SSSR count). The number of methoxy groups -OCH3 is 1. The zero-order valence-electron chi connectivity index (χ0n) is 12.1. The molecule has 108 valence electrons. The third kappa shape index (κ3) is 2.66. The molecule has 1 aromatic carbocycles. The van der Waals surface area contributed by atoms with Crippen LogP contribution in [0.2, 0.25) is 0 Å². The van der Waals surface area contributed by atoms with E-state index in [-0.39, 0.29) is 12.1 Å². The van der Waals surface area contributed by atoms with Crippen molar-refractivity contribution in [3.8, 4) is 5.75 Å². The summed E-state index contributed by atoms with van der Waals surface area (Å²) in [7, 11) is 1.66. The fourth-order valence-corrected chi connectivity index (χ4v) is 2.96. The number of nitrogens with one attached hydrogen (secondary N) is 1. The van der Waals surface area contributed by atoms with Crippen LogP contribution in [0.25, 0.3) is 0 Å². The van der Waals surface area contributed by atoms with Crippen LogP contribution in [0.1, 0.15) is 31.5 Å². The van der Waals surface area contributed by atoms with Crippen molar-refractivity contribution in [1.82, 2.24) is 10.2 Å². The highest BCUT2D eigenvalue weighted by Crippen LogP contribution is 2.38. The third-order valence-electron chi connectivity index (χ3n) is 4.42. The summed E-state index contributed by atoms with van der Waals surface area (Å²) in [4.78, 5) is 14.1. The van der Waals surface area contributed by atoms with E-state index in [1.165, 1.54) is 12.8 Å². The maximum Gasteiger partial charge on any atom is 0.238 e. The molecular formula is C16H22N2O2. The van der Waals surface area contributed by atoms with Crippen LogP contribution in [-0.4, -0.2) is 31.0 Å². The summed E-state index contributed by atoms with van der Waals surface area (Å²) in [6.45, 7) is 3.55. The molecule has 0 aromatic heterocycles.